The van der Waals surface area contributed by atoms with Crippen LogP contribution in [-0.4, -0.2) is 31.2 Å². The summed E-state index contributed by atoms with van der Waals surface area (Å²) in [5.41, 5.74) is 2.84. The highest BCUT2D eigenvalue weighted by Gasteiger charge is 2.12. The molecule has 0 unspecified atom stereocenters. The first-order valence-electron chi connectivity index (χ1n) is 8.73. The molecule has 5 nitrogen and oxygen atoms in total. The monoisotopic (exact) mass is 386 g/mol. The van der Waals surface area contributed by atoms with Crippen LogP contribution in [0.1, 0.15) is 21.6 Å². The molecule has 0 saturated carbocycles. The maximum absolute atomic E-state index is 12.5. The Balaban J connectivity index is 1.63. The van der Waals surface area contributed by atoms with Crippen LogP contribution in [0.3, 0.4) is 0 Å². The molecule has 0 bridgehead atoms. The number of alkyl halides is 2. The predicted octanol–water partition coefficient (Wildman–Crippen LogP) is 4.13. The van der Waals surface area contributed by atoms with Gasteiger partial charge in [-0.25, -0.2) is 0 Å². The molecule has 0 aliphatic carbocycles. The molecule has 1 heterocycles. The van der Waals surface area contributed by atoms with E-state index >= 15 is 0 Å². The molecular formula is C21H20F2N2O3. The van der Waals surface area contributed by atoms with Gasteiger partial charge in [0.15, 0.2) is 0 Å². The lowest BCUT2D eigenvalue weighted by atomic mass is 10.1. The summed E-state index contributed by atoms with van der Waals surface area (Å²) in [5.74, 6) is 0.590. The molecule has 0 fully saturated rings. The topological polar surface area (TPSA) is 60.5 Å². The number of carbonyl (C=O) groups is 1. The molecule has 28 heavy (non-hydrogen) atoms. The van der Waals surface area contributed by atoms with E-state index in [-0.39, 0.29) is 11.7 Å². The minimum absolute atomic E-state index is 0.107. The molecule has 1 amide bonds. The van der Waals surface area contributed by atoms with Gasteiger partial charge in [0.05, 0.1) is 23.9 Å². The van der Waals surface area contributed by atoms with E-state index in [1.54, 1.807) is 32.2 Å². The Kier molecular flexibility index (Phi) is 6.03. The summed E-state index contributed by atoms with van der Waals surface area (Å²) >= 11 is 0. The number of ether oxygens (including phenoxy) is 2. The number of nitrogens with zero attached hydrogens (tertiary/aromatic N) is 1. The van der Waals surface area contributed by atoms with Gasteiger partial charge in [-0.15, -0.1) is 0 Å². The van der Waals surface area contributed by atoms with Crippen molar-refractivity contribution in [1.82, 2.24) is 10.3 Å². The van der Waals surface area contributed by atoms with Crippen molar-refractivity contribution >= 4 is 16.8 Å². The first-order chi connectivity index (χ1) is 13.5. The number of aromatic nitrogens is 1. The van der Waals surface area contributed by atoms with Gasteiger partial charge in [0.25, 0.3) is 5.91 Å². The zero-order chi connectivity index (χ0) is 20.1. The Hall–Kier alpha value is -3.22. The van der Waals surface area contributed by atoms with Crippen molar-refractivity contribution < 1.29 is 23.0 Å². The summed E-state index contributed by atoms with van der Waals surface area (Å²) in [5, 5.41) is 3.69. The summed E-state index contributed by atoms with van der Waals surface area (Å²) in [6.45, 7) is -0.645. The van der Waals surface area contributed by atoms with Crippen LogP contribution in [0, 0.1) is 6.92 Å². The molecule has 1 N–H and O–H groups in total. The highest BCUT2D eigenvalue weighted by Crippen LogP contribution is 2.22. The normalized spacial score (nSPS) is 10.9. The lowest BCUT2D eigenvalue weighted by molar-refractivity contribution is -0.0498. The summed E-state index contributed by atoms with van der Waals surface area (Å²) < 4.78 is 33.9. The first-order valence-corrected chi connectivity index (χ1v) is 8.73. The standard InChI is InChI=1S/C21H20F2N2O3/c1-13-18(12-15-11-17(27-2)7-8-19(15)25-13)20(26)24-10-9-14-3-5-16(6-4-14)28-21(22)23/h3-8,11-12,21H,9-10H2,1-2H3,(H,24,26). The van der Waals surface area contributed by atoms with Gasteiger partial charge >= 0.3 is 6.61 Å². The highest BCUT2D eigenvalue weighted by molar-refractivity contribution is 5.98. The molecular weight excluding hydrogens is 366 g/mol. The van der Waals surface area contributed by atoms with Crippen molar-refractivity contribution in [2.75, 3.05) is 13.7 Å². The van der Waals surface area contributed by atoms with Crippen molar-refractivity contribution in [2.24, 2.45) is 0 Å². The number of hydrogen-bond donors (Lipinski definition) is 1. The van der Waals surface area contributed by atoms with Crippen LogP contribution < -0.4 is 14.8 Å². The fourth-order valence-electron chi connectivity index (χ4n) is 2.86. The minimum atomic E-state index is -2.84. The molecule has 2 aromatic carbocycles. The summed E-state index contributed by atoms with van der Waals surface area (Å²) in [7, 11) is 1.59. The minimum Gasteiger partial charge on any atom is -0.497 e. The third kappa shape index (κ3) is 4.73. The Bertz CT molecular complexity index is 975. The molecule has 146 valence electrons. The molecule has 0 radical (unpaired) electrons. The van der Waals surface area contributed by atoms with Crippen molar-refractivity contribution in [3.05, 3.63) is 65.4 Å². The average Bonchev–Trinajstić information content (AvgIpc) is 2.68. The molecule has 3 aromatic rings. The van der Waals surface area contributed by atoms with Gasteiger partial charge in [0.2, 0.25) is 0 Å². The molecule has 0 spiro atoms. The van der Waals surface area contributed by atoms with Crippen LogP contribution in [0.15, 0.2) is 48.5 Å². The number of nitrogens with one attached hydrogen (secondary N) is 1. The highest BCUT2D eigenvalue weighted by atomic mass is 19.3. The number of rotatable bonds is 7. The summed E-state index contributed by atoms with van der Waals surface area (Å²) in [4.78, 5) is 17.0. The number of methoxy groups -OCH3 is 1. The van der Waals surface area contributed by atoms with E-state index in [0.29, 0.717) is 30.0 Å². The van der Waals surface area contributed by atoms with Crippen LogP contribution in [0.25, 0.3) is 10.9 Å². The fourth-order valence-corrected chi connectivity index (χ4v) is 2.86. The molecule has 0 aliphatic heterocycles. The van der Waals surface area contributed by atoms with Crippen LogP contribution in [0.4, 0.5) is 8.78 Å². The molecule has 0 atom stereocenters. The second kappa shape index (κ2) is 8.65. The predicted molar refractivity (Wildman–Crippen MR) is 102 cm³/mol. The first kappa shape index (κ1) is 19.5. The third-order valence-corrected chi connectivity index (χ3v) is 4.30. The zero-order valence-electron chi connectivity index (χ0n) is 15.5. The van der Waals surface area contributed by atoms with Gasteiger partial charge in [0, 0.05) is 11.9 Å². The van der Waals surface area contributed by atoms with Crippen LogP contribution >= 0.6 is 0 Å². The van der Waals surface area contributed by atoms with Gasteiger partial charge < -0.3 is 14.8 Å². The maximum atomic E-state index is 12.5. The molecule has 7 heteroatoms. The van der Waals surface area contributed by atoms with E-state index in [2.05, 4.69) is 15.0 Å². The van der Waals surface area contributed by atoms with Gasteiger partial charge in [-0.3, -0.25) is 9.78 Å². The second-order valence-corrected chi connectivity index (χ2v) is 6.21. The Morgan fingerprint density at radius 2 is 1.82 bits per heavy atom. The number of pyridine rings is 1. The SMILES string of the molecule is COc1ccc2nc(C)c(C(=O)NCCc3ccc(OC(F)F)cc3)cc2c1. The largest absolute Gasteiger partial charge is 0.497 e. The second-order valence-electron chi connectivity index (χ2n) is 6.21. The Morgan fingerprint density at radius 1 is 1.11 bits per heavy atom. The average molecular weight is 386 g/mol. The van der Waals surface area contributed by atoms with E-state index in [1.165, 1.54) is 12.1 Å². The Morgan fingerprint density at radius 3 is 2.50 bits per heavy atom. The number of carbonyl (C=O) groups excluding carboxylic acids is 1. The quantitative estimate of drug-likeness (QED) is 0.663. The van der Waals surface area contributed by atoms with Gasteiger partial charge in [-0.1, -0.05) is 12.1 Å². The van der Waals surface area contributed by atoms with Gasteiger partial charge in [0.1, 0.15) is 11.5 Å². The summed E-state index contributed by atoms with van der Waals surface area (Å²) in [6.07, 6.45) is 0.564. The van der Waals surface area contributed by atoms with E-state index in [9.17, 15) is 13.6 Å². The van der Waals surface area contributed by atoms with Gasteiger partial charge in [-0.05, 0) is 55.3 Å². The fraction of sp³-hybridized carbons (Fsp3) is 0.238. The van der Waals surface area contributed by atoms with Crippen LogP contribution in [0.2, 0.25) is 0 Å². The number of hydrogen-bond acceptors (Lipinski definition) is 4. The smallest absolute Gasteiger partial charge is 0.387 e. The van der Waals surface area contributed by atoms with Crippen molar-refractivity contribution in [2.45, 2.75) is 20.0 Å². The molecule has 1 aromatic heterocycles. The van der Waals surface area contributed by atoms with E-state index in [1.807, 2.05) is 18.2 Å². The van der Waals surface area contributed by atoms with Crippen molar-refractivity contribution in [1.29, 1.82) is 0 Å². The number of amides is 1. The van der Waals surface area contributed by atoms with E-state index in [0.717, 1.165) is 16.5 Å². The van der Waals surface area contributed by atoms with Crippen molar-refractivity contribution in [3.8, 4) is 11.5 Å². The molecule has 0 saturated heterocycles. The lowest BCUT2D eigenvalue weighted by Gasteiger charge is -2.10. The lowest BCUT2D eigenvalue weighted by Crippen LogP contribution is -2.26. The molecule has 0 aliphatic rings. The number of halogens is 2. The number of aryl methyl sites for hydroxylation is 1. The number of fused-ring (bicyclic) bond motifs is 1. The van der Waals surface area contributed by atoms with Crippen LogP contribution in [0.5, 0.6) is 11.5 Å². The van der Waals surface area contributed by atoms with Crippen molar-refractivity contribution in [3.63, 3.8) is 0 Å². The van der Waals surface area contributed by atoms with Gasteiger partial charge in [-0.2, -0.15) is 8.78 Å². The Labute approximate surface area is 161 Å². The summed E-state index contributed by atoms with van der Waals surface area (Å²) in [6, 6.07) is 13.7. The van der Waals surface area contributed by atoms with E-state index in [4.69, 9.17) is 4.74 Å². The van der Waals surface area contributed by atoms with Crippen LogP contribution in [-0.2, 0) is 6.42 Å². The third-order valence-electron chi connectivity index (χ3n) is 4.30. The molecule has 3 rings (SSSR count). The zero-order valence-corrected chi connectivity index (χ0v) is 15.5. The maximum Gasteiger partial charge on any atom is 0.387 e. The van der Waals surface area contributed by atoms with E-state index < -0.39 is 6.61 Å². The number of benzene rings is 2.